The summed E-state index contributed by atoms with van der Waals surface area (Å²) in [5.41, 5.74) is 12.4. The van der Waals surface area contributed by atoms with Crippen LogP contribution in [0.25, 0.3) is 0 Å². The molecule has 70 valence electrons. The third-order valence-corrected chi connectivity index (χ3v) is 2.41. The lowest BCUT2D eigenvalue weighted by molar-refractivity contribution is 0.120. The summed E-state index contributed by atoms with van der Waals surface area (Å²) >= 11 is 0. The van der Waals surface area contributed by atoms with Gasteiger partial charge in [-0.2, -0.15) is 0 Å². The van der Waals surface area contributed by atoms with E-state index in [0.717, 1.165) is 18.6 Å². The van der Waals surface area contributed by atoms with E-state index in [1.807, 2.05) is 6.07 Å². The topological polar surface area (TPSA) is 61.3 Å². The van der Waals surface area contributed by atoms with Gasteiger partial charge in [-0.1, -0.05) is 0 Å². The van der Waals surface area contributed by atoms with Crippen LogP contribution in [0, 0.1) is 0 Å². The molecule has 0 radical (unpaired) electrons. The van der Waals surface area contributed by atoms with E-state index in [0.29, 0.717) is 17.5 Å². The Hall–Kier alpha value is -1.38. The van der Waals surface area contributed by atoms with Crippen LogP contribution in [0.2, 0.25) is 0 Å². The minimum Gasteiger partial charge on any atom is -0.490 e. The zero-order valence-electron chi connectivity index (χ0n) is 7.49. The number of hydrogen-bond donors (Lipinski definition) is 2. The van der Waals surface area contributed by atoms with Crippen LogP contribution < -0.4 is 16.2 Å². The van der Waals surface area contributed by atoms with E-state index in [1.165, 1.54) is 6.42 Å². The molecule has 1 fully saturated rings. The Morgan fingerprint density at radius 2 is 1.92 bits per heavy atom. The van der Waals surface area contributed by atoms with Gasteiger partial charge in [-0.05, 0) is 31.4 Å². The fourth-order valence-electron chi connectivity index (χ4n) is 1.31. The number of nitrogens with two attached hydrogens (primary N) is 2. The average Bonchev–Trinajstić information content (AvgIpc) is 2.04. The first kappa shape index (κ1) is 8.23. The van der Waals surface area contributed by atoms with Crippen molar-refractivity contribution in [1.29, 1.82) is 0 Å². The molecule has 1 aliphatic carbocycles. The maximum absolute atomic E-state index is 5.65. The van der Waals surface area contributed by atoms with Crippen molar-refractivity contribution >= 4 is 11.4 Å². The van der Waals surface area contributed by atoms with E-state index in [-0.39, 0.29) is 0 Å². The molecule has 2 rings (SSSR count). The van der Waals surface area contributed by atoms with Gasteiger partial charge in [-0.3, -0.25) is 0 Å². The minimum absolute atomic E-state index is 0.392. The van der Waals surface area contributed by atoms with Gasteiger partial charge in [0.25, 0.3) is 0 Å². The van der Waals surface area contributed by atoms with E-state index in [2.05, 4.69) is 0 Å². The van der Waals surface area contributed by atoms with Gasteiger partial charge < -0.3 is 16.2 Å². The predicted molar refractivity (Wildman–Crippen MR) is 53.5 cm³/mol. The number of nitrogen functional groups attached to an aromatic ring is 2. The van der Waals surface area contributed by atoms with Gasteiger partial charge in [0.05, 0.1) is 17.5 Å². The summed E-state index contributed by atoms with van der Waals surface area (Å²) in [6, 6.07) is 5.43. The first-order valence-electron chi connectivity index (χ1n) is 4.57. The molecule has 0 aliphatic heterocycles. The van der Waals surface area contributed by atoms with E-state index in [1.54, 1.807) is 12.1 Å². The highest BCUT2D eigenvalue weighted by atomic mass is 16.5. The highest BCUT2D eigenvalue weighted by Gasteiger charge is 2.18. The van der Waals surface area contributed by atoms with E-state index >= 15 is 0 Å². The summed E-state index contributed by atoms with van der Waals surface area (Å²) in [5, 5.41) is 0. The van der Waals surface area contributed by atoms with Gasteiger partial charge in [0.2, 0.25) is 0 Å². The van der Waals surface area contributed by atoms with Crippen molar-refractivity contribution in [3.8, 4) is 5.75 Å². The summed E-state index contributed by atoms with van der Waals surface area (Å²) in [6.07, 6.45) is 3.98. The van der Waals surface area contributed by atoms with Gasteiger partial charge in [0.1, 0.15) is 5.75 Å². The molecule has 1 saturated carbocycles. The summed E-state index contributed by atoms with van der Waals surface area (Å²) in [4.78, 5) is 0. The largest absolute Gasteiger partial charge is 0.490 e. The molecule has 0 aromatic heterocycles. The van der Waals surface area contributed by atoms with Crippen LogP contribution in [-0.4, -0.2) is 6.10 Å². The molecule has 1 aliphatic rings. The van der Waals surface area contributed by atoms with Crippen LogP contribution in [0.15, 0.2) is 18.2 Å². The fourth-order valence-corrected chi connectivity index (χ4v) is 1.31. The first-order chi connectivity index (χ1) is 6.25. The third kappa shape index (κ3) is 1.69. The first-order valence-corrected chi connectivity index (χ1v) is 4.57. The Bertz CT molecular complexity index is 308. The van der Waals surface area contributed by atoms with Gasteiger partial charge in [0.15, 0.2) is 0 Å². The lowest BCUT2D eigenvalue weighted by Crippen LogP contribution is -2.24. The summed E-state index contributed by atoms with van der Waals surface area (Å²) in [7, 11) is 0. The Labute approximate surface area is 77.7 Å². The Morgan fingerprint density at radius 3 is 2.46 bits per heavy atom. The molecule has 0 heterocycles. The molecule has 0 saturated heterocycles. The minimum atomic E-state index is 0.392. The Kier molecular flexibility index (Phi) is 2.00. The van der Waals surface area contributed by atoms with Crippen LogP contribution in [0.5, 0.6) is 5.75 Å². The molecular weight excluding hydrogens is 164 g/mol. The lowest BCUT2D eigenvalue weighted by Gasteiger charge is -2.26. The van der Waals surface area contributed by atoms with Gasteiger partial charge in [0, 0.05) is 6.07 Å². The average molecular weight is 178 g/mol. The van der Waals surface area contributed by atoms with Crippen LogP contribution >= 0.6 is 0 Å². The van der Waals surface area contributed by atoms with Gasteiger partial charge in [-0.25, -0.2) is 0 Å². The SMILES string of the molecule is Nc1ccc(OC2CCC2)cc1N. The van der Waals surface area contributed by atoms with Crippen molar-refractivity contribution in [3.63, 3.8) is 0 Å². The number of rotatable bonds is 2. The van der Waals surface area contributed by atoms with Crippen molar-refractivity contribution in [1.82, 2.24) is 0 Å². The molecule has 1 aromatic rings. The summed E-state index contributed by atoms with van der Waals surface area (Å²) in [5.74, 6) is 0.830. The third-order valence-electron chi connectivity index (χ3n) is 2.41. The molecule has 13 heavy (non-hydrogen) atoms. The molecule has 1 aromatic carbocycles. The monoisotopic (exact) mass is 178 g/mol. The second-order valence-corrected chi connectivity index (χ2v) is 3.46. The molecule has 0 atom stereocenters. The molecular formula is C10H14N2O. The molecule has 4 N–H and O–H groups in total. The standard InChI is InChI=1S/C10H14N2O/c11-9-5-4-8(6-10(9)12)13-7-2-1-3-7/h4-7H,1-3,11-12H2. The smallest absolute Gasteiger partial charge is 0.121 e. The molecule has 3 nitrogen and oxygen atoms in total. The molecule has 0 amide bonds. The van der Waals surface area contributed by atoms with E-state index in [4.69, 9.17) is 16.2 Å². The second-order valence-electron chi connectivity index (χ2n) is 3.46. The lowest BCUT2D eigenvalue weighted by atomic mass is 9.96. The van der Waals surface area contributed by atoms with Crippen LogP contribution in [0.3, 0.4) is 0 Å². The second kappa shape index (κ2) is 3.17. The van der Waals surface area contributed by atoms with Crippen molar-refractivity contribution in [2.75, 3.05) is 11.5 Å². The molecule has 0 spiro atoms. The maximum atomic E-state index is 5.65. The number of hydrogen-bond acceptors (Lipinski definition) is 3. The maximum Gasteiger partial charge on any atom is 0.121 e. The van der Waals surface area contributed by atoms with Crippen molar-refractivity contribution in [2.45, 2.75) is 25.4 Å². The Morgan fingerprint density at radius 1 is 1.15 bits per heavy atom. The van der Waals surface area contributed by atoms with Crippen molar-refractivity contribution in [2.24, 2.45) is 0 Å². The number of anilines is 2. The van der Waals surface area contributed by atoms with E-state index < -0.39 is 0 Å². The molecule has 0 unspecified atom stereocenters. The number of benzene rings is 1. The van der Waals surface area contributed by atoms with Gasteiger partial charge >= 0.3 is 0 Å². The molecule has 3 heteroatoms. The summed E-state index contributed by atoms with van der Waals surface area (Å²) in [6.45, 7) is 0. The zero-order chi connectivity index (χ0) is 9.26. The fraction of sp³-hybridized carbons (Fsp3) is 0.400. The number of ether oxygens (including phenoxy) is 1. The highest BCUT2D eigenvalue weighted by Crippen LogP contribution is 2.27. The van der Waals surface area contributed by atoms with Crippen LogP contribution in [0.1, 0.15) is 19.3 Å². The van der Waals surface area contributed by atoms with E-state index in [9.17, 15) is 0 Å². The van der Waals surface area contributed by atoms with Crippen LogP contribution in [-0.2, 0) is 0 Å². The zero-order valence-corrected chi connectivity index (χ0v) is 7.49. The quantitative estimate of drug-likeness (QED) is 0.678. The Balaban J connectivity index is 2.07. The highest BCUT2D eigenvalue weighted by molar-refractivity contribution is 5.65. The van der Waals surface area contributed by atoms with Crippen molar-refractivity contribution < 1.29 is 4.74 Å². The summed E-state index contributed by atoms with van der Waals surface area (Å²) < 4.78 is 5.65. The normalized spacial score (nSPS) is 16.6. The van der Waals surface area contributed by atoms with Crippen molar-refractivity contribution in [3.05, 3.63) is 18.2 Å². The predicted octanol–water partition coefficient (Wildman–Crippen LogP) is 1.78. The van der Waals surface area contributed by atoms with Crippen LogP contribution in [0.4, 0.5) is 11.4 Å². The molecule has 0 bridgehead atoms. The van der Waals surface area contributed by atoms with Gasteiger partial charge in [-0.15, -0.1) is 0 Å².